The summed E-state index contributed by atoms with van der Waals surface area (Å²) in [7, 11) is 0. The molecule has 7 heteroatoms. The van der Waals surface area contributed by atoms with Crippen molar-refractivity contribution < 1.29 is 10.2 Å². The molecule has 0 unspecified atom stereocenters. The Labute approximate surface area is 129 Å². The van der Waals surface area contributed by atoms with E-state index in [9.17, 15) is 10.2 Å². The lowest BCUT2D eigenvalue weighted by Gasteiger charge is -2.08. The minimum atomic E-state index is 0.165. The predicted molar refractivity (Wildman–Crippen MR) is 89.2 cm³/mol. The van der Waals surface area contributed by atoms with Gasteiger partial charge in [-0.2, -0.15) is 0 Å². The van der Waals surface area contributed by atoms with Crippen LogP contribution in [0.15, 0.2) is 42.5 Å². The zero-order valence-corrected chi connectivity index (χ0v) is 12.3. The second-order valence-corrected chi connectivity index (χ2v) is 5.74. The van der Waals surface area contributed by atoms with Crippen LogP contribution in [0.1, 0.15) is 0 Å². The monoisotopic (exact) mass is 317 g/mol. The number of rotatable bonds is 2. The number of aromatic nitrogens is 1. The van der Waals surface area contributed by atoms with Gasteiger partial charge in [0.1, 0.15) is 11.5 Å². The highest BCUT2D eigenvalue weighted by Crippen LogP contribution is 2.28. The Morgan fingerprint density at radius 1 is 1.05 bits per heavy atom. The number of fused-ring (bicyclic) bond motifs is 1. The number of hydrogen-bond donors (Lipinski definition) is 4. The van der Waals surface area contributed by atoms with Crippen molar-refractivity contribution in [3.05, 3.63) is 42.5 Å². The van der Waals surface area contributed by atoms with Crippen molar-refractivity contribution in [1.82, 2.24) is 4.98 Å². The predicted octanol–water partition coefficient (Wildman–Crippen LogP) is 3.52. The number of thiazole rings is 1. The molecule has 1 aromatic heterocycles. The van der Waals surface area contributed by atoms with Crippen LogP contribution in [0.4, 0.5) is 10.8 Å². The lowest BCUT2D eigenvalue weighted by molar-refractivity contribution is 0.475. The lowest BCUT2D eigenvalue weighted by Crippen LogP contribution is -2.18. The molecule has 0 bridgehead atoms. The first-order chi connectivity index (χ1) is 10.1. The molecule has 0 aliphatic heterocycles. The minimum Gasteiger partial charge on any atom is -0.508 e. The van der Waals surface area contributed by atoms with Crippen LogP contribution in [0.3, 0.4) is 0 Å². The van der Waals surface area contributed by atoms with Gasteiger partial charge in [-0.25, -0.2) is 4.98 Å². The van der Waals surface area contributed by atoms with Crippen molar-refractivity contribution in [1.29, 1.82) is 0 Å². The van der Waals surface area contributed by atoms with E-state index in [4.69, 9.17) is 12.2 Å². The zero-order valence-electron chi connectivity index (χ0n) is 10.7. The molecule has 3 rings (SSSR count). The van der Waals surface area contributed by atoms with Gasteiger partial charge >= 0.3 is 0 Å². The zero-order chi connectivity index (χ0) is 14.8. The molecule has 3 aromatic rings. The van der Waals surface area contributed by atoms with Gasteiger partial charge in [0.05, 0.1) is 10.2 Å². The quantitative estimate of drug-likeness (QED) is 0.542. The molecule has 0 aliphatic carbocycles. The summed E-state index contributed by atoms with van der Waals surface area (Å²) in [6, 6.07) is 11.7. The van der Waals surface area contributed by atoms with Gasteiger partial charge in [-0.15, -0.1) is 0 Å². The van der Waals surface area contributed by atoms with Crippen molar-refractivity contribution in [2.45, 2.75) is 0 Å². The summed E-state index contributed by atoms with van der Waals surface area (Å²) in [6.07, 6.45) is 0. The Hall–Kier alpha value is -2.38. The van der Waals surface area contributed by atoms with Crippen LogP contribution in [0, 0.1) is 0 Å². The second kappa shape index (κ2) is 5.55. The van der Waals surface area contributed by atoms with Crippen LogP contribution in [-0.2, 0) is 0 Å². The molecule has 0 spiro atoms. The van der Waals surface area contributed by atoms with Gasteiger partial charge in [0.15, 0.2) is 10.2 Å². The van der Waals surface area contributed by atoms with Gasteiger partial charge in [0.25, 0.3) is 0 Å². The molecular weight excluding hydrogens is 306 g/mol. The molecule has 0 saturated heterocycles. The number of aromatic hydroxyl groups is 2. The lowest BCUT2D eigenvalue weighted by atomic mass is 10.3. The summed E-state index contributed by atoms with van der Waals surface area (Å²) >= 11 is 6.60. The number of nitrogens with zero attached hydrogens (tertiary/aromatic N) is 1. The third kappa shape index (κ3) is 3.21. The number of phenols is 2. The van der Waals surface area contributed by atoms with Crippen LogP contribution < -0.4 is 10.6 Å². The Kier molecular flexibility index (Phi) is 3.59. The summed E-state index contributed by atoms with van der Waals surface area (Å²) in [5.74, 6) is 0.372. The molecule has 1 heterocycles. The highest BCUT2D eigenvalue weighted by atomic mass is 32.1. The number of anilines is 2. The number of benzene rings is 2. The Bertz CT molecular complexity index is 817. The van der Waals surface area contributed by atoms with Gasteiger partial charge in [0, 0.05) is 11.8 Å². The van der Waals surface area contributed by atoms with Gasteiger partial charge in [-0.05, 0) is 42.5 Å². The maximum Gasteiger partial charge on any atom is 0.190 e. The molecule has 0 saturated carbocycles. The largest absolute Gasteiger partial charge is 0.508 e. The smallest absolute Gasteiger partial charge is 0.190 e. The highest BCUT2D eigenvalue weighted by Gasteiger charge is 2.06. The van der Waals surface area contributed by atoms with Gasteiger partial charge in [-0.3, -0.25) is 0 Å². The third-order valence-electron chi connectivity index (χ3n) is 2.70. The molecule has 0 amide bonds. The Morgan fingerprint density at radius 3 is 2.67 bits per heavy atom. The van der Waals surface area contributed by atoms with Crippen LogP contribution in [0.5, 0.6) is 11.5 Å². The van der Waals surface area contributed by atoms with Crippen molar-refractivity contribution in [3.8, 4) is 11.5 Å². The first-order valence-electron chi connectivity index (χ1n) is 6.07. The van der Waals surface area contributed by atoms with Crippen molar-refractivity contribution in [3.63, 3.8) is 0 Å². The minimum absolute atomic E-state index is 0.165. The van der Waals surface area contributed by atoms with Crippen LogP contribution in [0.25, 0.3) is 10.2 Å². The van der Waals surface area contributed by atoms with E-state index in [1.165, 1.54) is 11.3 Å². The van der Waals surface area contributed by atoms with Gasteiger partial charge in [-0.1, -0.05) is 17.4 Å². The summed E-state index contributed by atoms with van der Waals surface area (Å²) in [5.41, 5.74) is 1.48. The molecule has 5 nitrogen and oxygen atoms in total. The Morgan fingerprint density at radius 2 is 1.86 bits per heavy atom. The first-order valence-corrected chi connectivity index (χ1v) is 7.29. The summed E-state index contributed by atoms with van der Waals surface area (Å²) in [6.45, 7) is 0. The van der Waals surface area contributed by atoms with E-state index < -0.39 is 0 Å². The van der Waals surface area contributed by atoms with Gasteiger partial charge in [0.2, 0.25) is 0 Å². The first kappa shape index (κ1) is 13.6. The van der Waals surface area contributed by atoms with Crippen molar-refractivity contribution >= 4 is 49.7 Å². The number of thiocarbonyl (C=S) groups is 1. The normalized spacial score (nSPS) is 10.5. The molecule has 0 aliphatic rings. The summed E-state index contributed by atoms with van der Waals surface area (Å²) in [4.78, 5) is 4.37. The van der Waals surface area contributed by atoms with Crippen LogP contribution in [-0.4, -0.2) is 20.3 Å². The van der Waals surface area contributed by atoms with E-state index in [0.29, 0.717) is 15.9 Å². The number of nitrogens with one attached hydrogen (secondary N) is 2. The third-order valence-corrected chi connectivity index (χ3v) is 3.83. The molecule has 4 N–H and O–H groups in total. The maximum absolute atomic E-state index is 9.44. The summed E-state index contributed by atoms with van der Waals surface area (Å²) in [5, 5.41) is 25.8. The number of hydrogen-bond acceptors (Lipinski definition) is 5. The second-order valence-electron chi connectivity index (χ2n) is 4.30. The fraction of sp³-hybridized carbons (Fsp3) is 0. The molecule has 0 radical (unpaired) electrons. The van der Waals surface area contributed by atoms with E-state index >= 15 is 0 Å². The van der Waals surface area contributed by atoms with E-state index in [0.717, 1.165) is 10.2 Å². The van der Waals surface area contributed by atoms with Crippen molar-refractivity contribution in [2.24, 2.45) is 0 Å². The molecular formula is C14H11N3O2S2. The number of phenolic OH excluding ortho intramolecular Hbond substituents is 2. The summed E-state index contributed by atoms with van der Waals surface area (Å²) < 4.78 is 0.873. The SMILES string of the molecule is Oc1cccc(NC(=S)Nc2nc3ccc(O)cc3s2)c1. The van der Waals surface area contributed by atoms with Crippen LogP contribution in [0.2, 0.25) is 0 Å². The molecule has 0 fully saturated rings. The van der Waals surface area contributed by atoms with Crippen LogP contribution >= 0.6 is 23.6 Å². The molecule has 0 atom stereocenters. The fourth-order valence-electron chi connectivity index (χ4n) is 1.81. The standard InChI is InChI=1S/C14H11N3O2S2/c18-9-3-1-2-8(6-9)15-13(20)17-14-16-11-5-4-10(19)7-12(11)21-14/h1-7,18-19H,(H2,15,16,17,20). The average Bonchev–Trinajstić information content (AvgIpc) is 2.79. The van der Waals surface area contributed by atoms with Gasteiger partial charge < -0.3 is 20.8 Å². The molecule has 21 heavy (non-hydrogen) atoms. The molecule has 106 valence electrons. The van der Waals surface area contributed by atoms with E-state index in [1.807, 2.05) is 0 Å². The topological polar surface area (TPSA) is 77.4 Å². The van der Waals surface area contributed by atoms with Crippen molar-refractivity contribution in [2.75, 3.05) is 10.6 Å². The highest BCUT2D eigenvalue weighted by molar-refractivity contribution is 7.80. The van der Waals surface area contributed by atoms with E-state index in [-0.39, 0.29) is 11.5 Å². The van der Waals surface area contributed by atoms with E-state index in [2.05, 4.69) is 15.6 Å². The Balaban J connectivity index is 1.74. The molecule has 2 aromatic carbocycles. The fourth-order valence-corrected chi connectivity index (χ4v) is 2.99. The average molecular weight is 317 g/mol. The maximum atomic E-state index is 9.44. The van der Waals surface area contributed by atoms with E-state index in [1.54, 1.807) is 42.5 Å².